The van der Waals surface area contributed by atoms with Crippen molar-refractivity contribution >= 4 is 40.8 Å². The molecular weight excluding hydrogens is 375 g/mol. The molecular formula is C19H20Cl2N2O3. The maximum Gasteiger partial charge on any atom is 0.337 e. The minimum Gasteiger partial charge on any atom is -0.465 e. The maximum atomic E-state index is 12.2. The molecule has 0 spiro atoms. The number of carbonyl (C=O) groups excluding carboxylic acids is 2. The molecule has 138 valence electrons. The van der Waals surface area contributed by atoms with Crippen LogP contribution in [0.3, 0.4) is 0 Å². The normalized spacial score (nSPS) is 11.7. The topological polar surface area (TPSA) is 67.4 Å². The van der Waals surface area contributed by atoms with Gasteiger partial charge in [0.25, 0.3) is 0 Å². The van der Waals surface area contributed by atoms with Crippen LogP contribution in [-0.4, -0.2) is 25.5 Å². The van der Waals surface area contributed by atoms with Gasteiger partial charge >= 0.3 is 5.97 Å². The number of anilines is 1. The van der Waals surface area contributed by atoms with Gasteiger partial charge in [0.1, 0.15) is 0 Å². The Bertz CT molecular complexity index is 824. The van der Waals surface area contributed by atoms with Crippen LogP contribution in [0.4, 0.5) is 5.69 Å². The van der Waals surface area contributed by atoms with Crippen LogP contribution in [0.2, 0.25) is 10.0 Å². The lowest BCUT2D eigenvalue weighted by Crippen LogP contribution is -2.30. The van der Waals surface area contributed by atoms with Gasteiger partial charge in [0.15, 0.2) is 0 Å². The van der Waals surface area contributed by atoms with Crippen LogP contribution in [-0.2, 0) is 9.53 Å². The number of rotatable bonds is 6. The summed E-state index contributed by atoms with van der Waals surface area (Å²) in [6, 6.07) is 10.1. The first-order chi connectivity index (χ1) is 12.3. The van der Waals surface area contributed by atoms with Gasteiger partial charge in [-0.05, 0) is 49.2 Å². The zero-order valence-electron chi connectivity index (χ0n) is 14.7. The molecule has 2 rings (SSSR count). The summed E-state index contributed by atoms with van der Waals surface area (Å²) in [5.74, 6) is -0.684. The van der Waals surface area contributed by atoms with Gasteiger partial charge in [-0.3, -0.25) is 4.79 Å². The van der Waals surface area contributed by atoms with Crippen LogP contribution in [0.5, 0.6) is 0 Å². The second kappa shape index (κ2) is 9.03. The van der Waals surface area contributed by atoms with Crippen molar-refractivity contribution in [2.75, 3.05) is 19.0 Å². The zero-order chi connectivity index (χ0) is 19.3. The average molecular weight is 395 g/mol. The van der Waals surface area contributed by atoms with E-state index in [1.165, 1.54) is 7.11 Å². The molecule has 0 bridgehead atoms. The summed E-state index contributed by atoms with van der Waals surface area (Å²) in [5, 5.41) is 7.01. The highest BCUT2D eigenvalue weighted by atomic mass is 35.5. The zero-order valence-corrected chi connectivity index (χ0v) is 16.2. The SMILES string of the molecule is COC(=O)c1ccc(C)c(NC(=O)CN[C@H](C)c2ccc(Cl)cc2Cl)c1. The van der Waals surface area contributed by atoms with Crippen LogP contribution in [0.15, 0.2) is 36.4 Å². The van der Waals surface area contributed by atoms with Crippen LogP contribution >= 0.6 is 23.2 Å². The number of nitrogens with one attached hydrogen (secondary N) is 2. The minimum atomic E-state index is -0.454. The van der Waals surface area contributed by atoms with Gasteiger partial charge in [-0.1, -0.05) is 35.3 Å². The van der Waals surface area contributed by atoms with Crippen molar-refractivity contribution in [2.45, 2.75) is 19.9 Å². The Kier molecular flexibility index (Phi) is 7.03. The molecule has 2 N–H and O–H groups in total. The summed E-state index contributed by atoms with van der Waals surface area (Å²) < 4.78 is 4.70. The molecule has 0 aliphatic rings. The molecule has 0 radical (unpaired) electrons. The Hall–Kier alpha value is -2.08. The smallest absolute Gasteiger partial charge is 0.337 e. The molecule has 1 atom stereocenters. The first-order valence-electron chi connectivity index (χ1n) is 7.99. The van der Waals surface area contributed by atoms with Crippen molar-refractivity contribution < 1.29 is 14.3 Å². The highest BCUT2D eigenvalue weighted by Gasteiger charge is 2.13. The predicted octanol–water partition coefficient (Wildman–Crippen LogP) is 4.38. The van der Waals surface area contributed by atoms with Gasteiger partial charge in [-0.15, -0.1) is 0 Å². The fourth-order valence-corrected chi connectivity index (χ4v) is 2.98. The van der Waals surface area contributed by atoms with Crippen LogP contribution < -0.4 is 10.6 Å². The standard InChI is InChI=1S/C19H20Cl2N2O3/c1-11-4-5-13(19(25)26-3)8-17(11)23-18(24)10-22-12(2)15-7-6-14(20)9-16(15)21/h4-9,12,22H,10H2,1-3H3,(H,23,24)/t12-/m1/s1. The van der Waals surface area contributed by atoms with Crippen molar-refractivity contribution in [1.29, 1.82) is 0 Å². The predicted molar refractivity (Wildman–Crippen MR) is 104 cm³/mol. The highest BCUT2D eigenvalue weighted by Crippen LogP contribution is 2.26. The summed E-state index contributed by atoms with van der Waals surface area (Å²) in [6.45, 7) is 3.84. The summed E-state index contributed by atoms with van der Waals surface area (Å²) in [4.78, 5) is 23.9. The summed E-state index contributed by atoms with van der Waals surface area (Å²) >= 11 is 12.1. The van der Waals surface area contributed by atoms with Gasteiger partial charge in [-0.2, -0.15) is 0 Å². The number of benzene rings is 2. The Morgan fingerprint density at radius 1 is 1.15 bits per heavy atom. The molecule has 0 aliphatic heterocycles. The van der Waals surface area contributed by atoms with E-state index in [1.807, 2.05) is 19.9 Å². The van der Waals surface area contributed by atoms with Crippen LogP contribution in [0.1, 0.15) is 34.5 Å². The largest absolute Gasteiger partial charge is 0.465 e. The second-order valence-corrected chi connectivity index (χ2v) is 6.68. The lowest BCUT2D eigenvalue weighted by Gasteiger charge is -2.16. The van der Waals surface area contributed by atoms with Crippen LogP contribution in [0.25, 0.3) is 0 Å². The third kappa shape index (κ3) is 5.21. The van der Waals surface area contributed by atoms with E-state index in [1.54, 1.807) is 30.3 Å². The molecule has 2 aromatic carbocycles. The molecule has 0 unspecified atom stereocenters. The number of carbonyl (C=O) groups is 2. The first-order valence-corrected chi connectivity index (χ1v) is 8.74. The number of methoxy groups -OCH3 is 1. The molecule has 0 aromatic heterocycles. The van der Waals surface area contributed by atoms with E-state index in [2.05, 4.69) is 10.6 Å². The van der Waals surface area contributed by atoms with Gasteiger partial charge in [-0.25, -0.2) is 4.79 Å². The molecule has 0 saturated heterocycles. The third-order valence-electron chi connectivity index (χ3n) is 3.93. The van der Waals surface area contributed by atoms with Crippen molar-refractivity contribution in [1.82, 2.24) is 5.32 Å². The first kappa shape index (κ1) is 20.2. The van der Waals surface area contributed by atoms with Crippen LogP contribution in [0, 0.1) is 6.92 Å². The summed E-state index contributed by atoms with van der Waals surface area (Å²) in [7, 11) is 1.31. The van der Waals surface area contributed by atoms with E-state index in [0.717, 1.165) is 11.1 Å². The van der Waals surface area contributed by atoms with E-state index >= 15 is 0 Å². The molecule has 0 aliphatic carbocycles. The molecule has 0 saturated carbocycles. The monoisotopic (exact) mass is 394 g/mol. The number of esters is 1. The number of hydrogen-bond donors (Lipinski definition) is 2. The fraction of sp³-hybridized carbons (Fsp3) is 0.263. The van der Waals surface area contributed by atoms with Crippen molar-refractivity contribution in [3.63, 3.8) is 0 Å². The molecule has 26 heavy (non-hydrogen) atoms. The number of amides is 1. The summed E-state index contributed by atoms with van der Waals surface area (Å²) in [5.41, 5.74) is 2.65. The number of hydrogen-bond acceptors (Lipinski definition) is 4. The molecule has 1 amide bonds. The van der Waals surface area contributed by atoms with Gasteiger partial charge in [0.05, 0.1) is 19.2 Å². The Morgan fingerprint density at radius 3 is 2.54 bits per heavy atom. The Balaban J connectivity index is 1.99. The van der Waals surface area contributed by atoms with E-state index in [9.17, 15) is 9.59 Å². The Labute approximate surface area is 162 Å². The van der Waals surface area contributed by atoms with Gasteiger partial charge < -0.3 is 15.4 Å². The average Bonchev–Trinajstić information content (AvgIpc) is 2.61. The van der Waals surface area contributed by atoms with Gasteiger partial charge in [0.2, 0.25) is 5.91 Å². The molecule has 2 aromatic rings. The molecule has 5 nitrogen and oxygen atoms in total. The van der Waals surface area contributed by atoms with E-state index in [4.69, 9.17) is 27.9 Å². The van der Waals surface area contributed by atoms with E-state index < -0.39 is 5.97 Å². The maximum absolute atomic E-state index is 12.2. The van der Waals surface area contributed by atoms with Gasteiger partial charge in [0, 0.05) is 21.8 Å². The quantitative estimate of drug-likeness (QED) is 0.713. The number of halogens is 2. The van der Waals surface area contributed by atoms with Crippen molar-refractivity contribution in [2.24, 2.45) is 0 Å². The fourth-order valence-electron chi connectivity index (χ4n) is 2.40. The highest BCUT2D eigenvalue weighted by molar-refractivity contribution is 6.35. The second-order valence-electron chi connectivity index (χ2n) is 5.84. The number of aryl methyl sites for hydroxylation is 1. The number of ether oxygens (including phenoxy) is 1. The molecule has 0 heterocycles. The van der Waals surface area contributed by atoms with Crippen molar-refractivity contribution in [3.8, 4) is 0 Å². The lowest BCUT2D eigenvalue weighted by atomic mass is 10.1. The van der Waals surface area contributed by atoms with E-state index in [0.29, 0.717) is 21.3 Å². The minimum absolute atomic E-state index is 0.0853. The summed E-state index contributed by atoms with van der Waals surface area (Å²) in [6.07, 6.45) is 0. The van der Waals surface area contributed by atoms with Crippen molar-refractivity contribution in [3.05, 3.63) is 63.1 Å². The molecule has 7 heteroatoms. The lowest BCUT2D eigenvalue weighted by molar-refractivity contribution is -0.115. The Morgan fingerprint density at radius 2 is 1.88 bits per heavy atom. The molecule has 0 fully saturated rings. The van der Waals surface area contributed by atoms with E-state index in [-0.39, 0.29) is 18.5 Å². The third-order valence-corrected chi connectivity index (χ3v) is 4.49.